The van der Waals surface area contributed by atoms with Gasteiger partial charge < -0.3 is 19.9 Å². The van der Waals surface area contributed by atoms with Crippen molar-refractivity contribution in [3.8, 4) is 5.75 Å². The number of ether oxygens (including phenoxy) is 1. The first-order chi connectivity index (χ1) is 16.7. The summed E-state index contributed by atoms with van der Waals surface area (Å²) in [6.07, 6.45) is 1.63. The van der Waals surface area contributed by atoms with E-state index >= 15 is 0 Å². The predicted octanol–water partition coefficient (Wildman–Crippen LogP) is 4.09. The minimum absolute atomic E-state index is 0.0470. The molecule has 1 atom stereocenters. The number of rotatable bonds is 8. The Morgan fingerprint density at radius 3 is 2.31 bits per heavy atom. The molecule has 0 spiro atoms. The van der Waals surface area contributed by atoms with Crippen LogP contribution in [0.5, 0.6) is 5.75 Å². The number of methoxy groups -OCH3 is 1. The summed E-state index contributed by atoms with van der Waals surface area (Å²) in [5.74, 6) is 0.0593. The molecule has 0 bridgehead atoms. The molecule has 4 rings (SSSR count). The van der Waals surface area contributed by atoms with Gasteiger partial charge in [0.15, 0.2) is 0 Å². The molecule has 1 aromatic heterocycles. The van der Waals surface area contributed by atoms with Gasteiger partial charge in [-0.25, -0.2) is 4.98 Å². The third-order valence-corrected chi connectivity index (χ3v) is 7.94. The van der Waals surface area contributed by atoms with Gasteiger partial charge in [0, 0.05) is 5.69 Å². The van der Waals surface area contributed by atoms with Crippen molar-refractivity contribution in [3.05, 3.63) is 84.7 Å². The van der Waals surface area contributed by atoms with Crippen molar-refractivity contribution in [2.75, 3.05) is 12.4 Å². The van der Waals surface area contributed by atoms with E-state index in [4.69, 9.17) is 4.74 Å². The van der Waals surface area contributed by atoms with Crippen molar-refractivity contribution in [1.82, 2.24) is 14.9 Å². The predicted molar refractivity (Wildman–Crippen MR) is 142 cm³/mol. The summed E-state index contributed by atoms with van der Waals surface area (Å²) < 4.78 is 7.01. The molecule has 0 aliphatic carbocycles. The number of imidazole rings is 1. The lowest BCUT2D eigenvalue weighted by atomic mass is 10.1. The van der Waals surface area contributed by atoms with E-state index in [0.717, 1.165) is 11.0 Å². The molecule has 0 saturated heterocycles. The molecule has 1 unspecified atom stereocenters. The van der Waals surface area contributed by atoms with Crippen molar-refractivity contribution in [1.29, 1.82) is 0 Å². The second kappa shape index (κ2) is 10.1. The molecule has 1 heterocycles. The number of carbonyl (C=O) groups excluding carboxylic acids is 2. The van der Waals surface area contributed by atoms with Crippen LogP contribution >= 0.6 is 0 Å². The van der Waals surface area contributed by atoms with Crippen LogP contribution in [0.3, 0.4) is 0 Å². The zero-order valence-corrected chi connectivity index (χ0v) is 21.4. The highest BCUT2D eigenvalue weighted by Gasteiger charge is 2.24. The Morgan fingerprint density at radius 2 is 1.66 bits per heavy atom. The lowest BCUT2D eigenvalue weighted by molar-refractivity contribution is -0.127. The number of nitrogens with zero attached hydrogens (tertiary/aromatic N) is 2. The monoisotopic (exact) mass is 486 g/mol. The van der Waals surface area contributed by atoms with Gasteiger partial charge in [-0.3, -0.25) is 9.59 Å². The average molecular weight is 487 g/mol. The number of benzene rings is 3. The van der Waals surface area contributed by atoms with Crippen LogP contribution in [0.2, 0.25) is 19.6 Å². The average Bonchev–Trinajstić information content (AvgIpc) is 3.25. The maximum atomic E-state index is 13.3. The fourth-order valence-corrected chi connectivity index (χ4v) is 5.03. The number of hydrogen-bond donors (Lipinski definition) is 2. The largest absolute Gasteiger partial charge is 0.497 e. The Labute approximate surface area is 206 Å². The van der Waals surface area contributed by atoms with E-state index in [2.05, 4.69) is 47.4 Å². The van der Waals surface area contributed by atoms with Gasteiger partial charge >= 0.3 is 0 Å². The quantitative estimate of drug-likeness (QED) is 0.368. The van der Waals surface area contributed by atoms with Crippen molar-refractivity contribution in [2.24, 2.45) is 0 Å². The first kappa shape index (κ1) is 24.2. The Balaban J connectivity index is 1.54. The van der Waals surface area contributed by atoms with Gasteiger partial charge in [-0.05, 0) is 42.0 Å². The molecule has 35 heavy (non-hydrogen) atoms. The summed E-state index contributed by atoms with van der Waals surface area (Å²) in [6, 6.07) is 21.8. The van der Waals surface area contributed by atoms with Gasteiger partial charge in [-0.1, -0.05) is 61.2 Å². The summed E-state index contributed by atoms with van der Waals surface area (Å²) in [5.41, 5.74) is 3.01. The molecule has 0 aliphatic heterocycles. The van der Waals surface area contributed by atoms with Gasteiger partial charge in [0.1, 0.15) is 18.3 Å². The normalized spacial score (nSPS) is 12.2. The summed E-state index contributed by atoms with van der Waals surface area (Å²) in [5, 5.41) is 7.16. The third-order valence-electron chi connectivity index (χ3n) is 5.88. The topological polar surface area (TPSA) is 85.2 Å². The number of aromatic nitrogens is 2. The fraction of sp³-hybridized carbons (Fsp3) is 0.222. The summed E-state index contributed by atoms with van der Waals surface area (Å²) >= 11 is 0. The molecule has 0 aliphatic rings. The second-order valence-electron chi connectivity index (χ2n) is 9.45. The minimum atomic E-state index is -1.44. The Morgan fingerprint density at radius 1 is 0.971 bits per heavy atom. The van der Waals surface area contributed by atoms with E-state index in [1.165, 1.54) is 5.19 Å². The first-order valence-corrected chi connectivity index (χ1v) is 15.0. The number of anilines is 1. The molecule has 0 radical (unpaired) electrons. The lowest BCUT2D eigenvalue weighted by Gasteiger charge is -2.20. The van der Waals surface area contributed by atoms with Gasteiger partial charge in [0.05, 0.1) is 32.5 Å². The van der Waals surface area contributed by atoms with Crippen LogP contribution in [0.25, 0.3) is 11.0 Å². The van der Waals surface area contributed by atoms with Crippen molar-refractivity contribution in [2.45, 2.75) is 32.2 Å². The van der Waals surface area contributed by atoms with Gasteiger partial charge in [0.25, 0.3) is 5.91 Å². The molecule has 0 fully saturated rings. The van der Waals surface area contributed by atoms with Crippen LogP contribution in [-0.4, -0.2) is 36.5 Å². The summed E-state index contributed by atoms with van der Waals surface area (Å²) in [6.45, 7) is 6.88. The Hall–Kier alpha value is -3.91. The second-order valence-corrected chi connectivity index (χ2v) is 14.5. The van der Waals surface area contributed by atoms with Crippen LogP contribution in [0.1, 0.15) is 11.6 Å². The number of para-hydroxylation sites is 2. The van der Waals surface area contributed by atoms with Gasteiger partial charge in [-0.15, -0.1) is 0 Å². The zero-order chi connectivity index (χ0) is 25.0. The Bertz CT molecular complexity index is 1330. The van der Waals surface area contributed by atoms with Crippen LogP contribution in [0.4, 0.5) is 5.69 Å². The van der Waals surface area contributed by atoms with Crippen LogP contribution in [0, 0.1) is 0 Å². The molecule has 180 valence electrons. The first-order valence-electron chi connectivity index (χ1n) is 11.5. The number of carbonyl (C=O) groups is 2. The smallest absolute Gasteiger partial charge is 0.251 e. The van der Waals surface area contributed by atoms with E-state index in [-0.39, 0.29) is 18.4 Å². The number of nitrogens with one attached hydrogen (secondary N) is 2. The molecule has 4 aromatic rings. The maximum absolute atomic E-state index is 13.3. The highest BCUT2D eigenvalue weighted by atomic mass is 28.3. The summed E-state index contributed by atoms with van der Waals surface area (Å²) in [4.78, 5) is 30.7. The van der Waals surface area contributed by atoms with Gasteiger partial charge in [0.2, 0.25) is 5.91 Å². The molecule has 8 heteroatoms. The molecular formula is C27H30N4O3Si. The number of amides is 2. The minimum Gasteiger partial charge on any atom is -0.497 e. The van der Waals surface area contributed by atoms with Crippen LogP contribution < -0.4 is 20.6 Å². The van der Waals surface area contributed by atoms with Crippen molar-refractivity contribution >= 4 is 41.8 Å². The van der Waals surface area contributed by atoms with Crippen molar-refractivity contribution in [3.63, 3.8) is 0 Å². The molecule has 3 aromatic carbocycles. The maximum Gasteiger partial charge on any atom is 0.251 e. The number of fused-ring (bicyclic) bond motifs is 1. The van der Waals surface area contributed by atoms with Crippen LogP contribution in [-0.2, 0) is 16.1 Å². The fourth-order valence-electron chi connectivity index (χ4n) is 3.86. The highest BCUT2D eigenvalue weighted by molar-refractivity contribution is 6.88. The molecule has 0 saturated carbocycles. The molecule has 2 amide bonds. The Kier molecular flexibility index (Phi) is 7.02. The van der Waals surface area contributed by atoms with E-state index < -0.39 is 14.1 Å². The van der Waals surface area contributed by atoms with E-state index in [1.54, 1.807) is 42.3 Å². The highest BCUT2D eigenvalue weighted by Crippen LogP contribution is 2.20. The number of hydrogen-bond acceptors (Lipinski definition) is 4. The molecule has 2 N–H and O–H groups in total. The summed E-state index contributed by atoms with van der Waals surface area (Å²) in [7, 11) is 0.142. The van der Waals surface area contributed by atoms with Gasteiger partial charge in [-0.2, -0.15) is 0 Å². The van der Waals surface area contributed by atoms with Crippen LogP contribution in [0.15, 0.2) is 79.1 Å². The van der Waals surface area contributed by atoms with E-state index in [1.807, 2.05) is 36.4 Å². The van der Waals surface area contributed by atoms with Crippen molar-refractivity contribution < 1.29 is 14.3 Å². The lowest BCUT2D eigenvalue weighted by Crippen LogP contribution is -2.39. The standard InChI is InChI=1S/C27H30N4O3Si/c1-34-21-13-9-19(10-14-21)26(27(33)29-20-11-15-22(16-12-20)35(2,3)4)30-25(32)17-31-18-28-23-7-5-6-8-24(23)31/h5-16,18,26H,17H2,1-4H3,(H,29,33)(H,30,32). The van der Waals surface area contributed by atoms with E-state index in [9.17, 15) is 9.59 Å². The molecular weight excluding hydrogens is 456 g/mol. The third kappa shape index (κ3) is 5.78. The zero-order valence-electron chi connectivity index (χ0n) is 20.4. The van der Waals surface area contributed by atoms with E-state index in [0.29, 0.717) is 17.0 Å². The molecule has 7 nitrogen and oxygen atoms in total. The SMILES string of the molecule is COc1ccc(C(NC(=O)Cn2cnc3ccccc32)C(=O)Nc2ccc([Si](C)(C)C)cc2)cc1.